The van der Waals surface area contributed by atoms with Crippen LogP contribution >= 0.6 is 11.8 Å². The molecule has 2 rings (SSSR count). The van der Waals surface area contributed by atoms with Gasteiger partial charge in [0.15, 0.2) is 0 Å². The molecule has 0 bridgehead atoms. The molecule has 0 aliphatic heterocycles. The average molecular weight is 286 g/mol. The van der Waals surface area contributed by atoms with Gasteiger partial charge in [-0.05, 0) is 30.7 Å². The lowest BCUT2D eigenvalue weighted by Gasteiger charge is -2.22. The Morgan fingerprint density at radius 1 is 1.10 bits per heavy atom. The molecule has 3 heteroatoms. The maximum Gasteiger partial charge on any atom is 0.132 e. The summed E-state index contributed by atoms with van der Waals surface area (Å²) in [5.41, 5.74) is 2.42. The van der Waals surface area contributed by atoms with Gasteiger partial charge < -0.3 is 4.90 Å². The summed E-state index contributed by atoms with van der Waals surface area (Å²) in [4.78, 5) is 7.97. The molecule has 0 fully saturated rings. The van der Waals surface area contributed by atoms with E-state index in [-0.39, 0.29) is 4.75 Å². The number of nitrogens with zero attached hydrogens (tertiary/aromatic N) is 2. The van der Waals surface area contributed by atoms with Crippen LogP contribution in [0.1, 0.15) is 26.3 Å². The van der Waals surface area contributed by atoms with Crippen LogP contribution in [0.5, 0.6) is 0 Å². The normalized spacial score (nSPS) is 11.4. The fraction of sp³-hybridized carbons (Fsp3) is 0.353. The number of rotatable bonds is 3. The zero-order valence-corrected chi connectivity index (χ0v) is 13.7. The fourth-order valence-corrected chi connectivity index (χ4v) is 2.92. The van der Waals surface area contributed by atoms with E-state index in [1.807, 2.05) is 43.2 Å². The molecule has 0 saturated carbocycles. The monoisotopic (exact) mass is 286 g/mol. The zero-order chi connectivity index (χ0) is 14.8. The number of anilines is 2. The molecule has 0 unspecified atom stereocenters. The number of hydrogen-bond acceptors (Lipinski definition) is 3. The minimum atomic E-state index is 0.208. The molecule has 0 aliphatic rings. The highest BCUT2D eigenvalue weighted by Gasteiger charge is 2.15. The number of pyridine rings is 1. The summed E-state index contributed by atoms with van der Waals surface area (Å²) in [6.07, 6.45) is 1.99. The first-order valence-corrected chi connectivity index (χ1v) is 7.63. The summed E-state index contributed by atoms with van der Waals surface area (Å²) in [7, 11) is 2.05. The Morgan fingerprint density at radius 3 is 2.30 bits per heavy atom. The third-order valence-corrected chi connectivity index (χ3v) is 4.21. The maximum atomic E-state index is 4.61. The molecule has 0 amide bonds. The molecule has 1 aromatic heterocycles. The molecular weight excluding hydrogens is 264 g/mol. The van der Waals surface area contributed by atoms with Crippen LogP contribution < -0.4 is 4.90 Å². The number of aromatic nitrogens is 1. The van der Waals surface area contributed by atoms with Gasteiger partial charge in [0.2, 0.25) is 0 Å². The lowest BCUT2D eigenvalue weighted by molar-refractivity contribution is 0.801. The van der Waals surface area contributed by atoms with Crippen molar-refractivity contribution in [2.45, 2.75) is 37.3 Å². The van der Waals surface area contributed by atoms with E-state index in [9.17, 15) is 0 Å². The molecule has 2 aromatic rings. The second-order valence-corrected chi connectivity index (χ2v) is 7.79. The molecule has 20 heavy (non-hydrogen) atoms. The molecule has 0 aliphatic carbocycles. The van der Waals surface area contributed by atoms with Crippen LogP contribution in [0.25, 0.3) is 0 Å². The summed E-state index contributed by atoms with van der Waals surface area (Å²) in [5, 5.41) is 0. The fourth-order valence-electron chi connectivity index (χ4n) is 1.93. The maximum absolute atomic E-state index is 4.61. The van der Waals surface area contributed by atoms with Gasteiger partial charge in [-0.3, -0.25) is 0 Å². The highest BCUT2D eigenvalue weighted by Crippen LogP contribution is 2.35. The third-order valence-electron chi connectivity index (χ3n) is 2.95. The number of aryl methyl sites for hydroxylation is 1. The van der Waals surface area contributed by atoms with Crippen LogP contribution in [0, 0.1) is 6.92 Å². The van der Waals surface area contributed by atoms with Gasteiger partial charge in [0.25, 0.3) is 0 Å². The van der Waals surface area contributed by atoms with Crippen molar-refractivity contribution in [1.29, 1.82) is 0 Å². The van der Waals surface area contributed by atoms with Crippen LogP contribution in [0.4, 0.5) is 11.5 Å². The Kier molecular flexibility index (Phi) is 4.39. The number of benzene rings is 1. The van der Waals surface area contributed by atoms with Crippen molar-refractivity contribution in [1.82, 2.24) is 4.98 Å². The molecule has 106 valence electrons. The lowest BCUT2D eigenvalue weighted by atomic mass is 10.2. The van der Waals surface area contributed by atoms with E-state index in [0.717, 1.165) is 11.5 Å². The second kappa shape index (κ2) is 5.88. The van der Waals surface area contributed by atoms with Crippen LogP contribution in [-0.4, -0.2) is 16.8 Å². The first-order valence-electron chi connectivity index (χ1n) is 6.81. The van der Waals surface area contributed by atoms with Crippen LogP contribution in [-0.2, 0) is 0 Å². The van der Waals surface area contributed by atoms with Crippen molar-refractivity contribution in [3.8, 4) is 0 Å². The molecule has 0 N–H and O–H groups in total. The standard InChI is InChI=1S/C17H22N2S/c1-13-11-16(18-12-15(13)20-17(2,3)4)19(5)14-9-7-6-8-10-14/h6-12H,1-5H3. The number of thioether (sulfide) groups is 1. The molecule has 0 saturated heterocycles. The average Bonchev–Trinajstić information content (AvgIpc) is 2.40. The van der Waals surface area contributed by atoms with Gasteiger partial charge in [-0.15, -0.1) is 11.8 Å². The van der Waals surface area contributed by atoms with Gasteiger partial charge in [0.05, 0.1) is 0 Å². The largest absolute Gasteiger partial charge is 0.329 e. The summed E-state index contributed by atoms with van der Waals surface area (Å²) in [6.45, 7) is 8.82. The van der Waals surface area contributed by atoms with E-state index >= 15 is 0 Å². The Morgan fingerprint density at radius 2 is 1.75 bits per heavy atom. The predicted octanol–water partition coefficient (Wildman–Crippen LogP) is 5.05. The van der Waals surface area contributed by atoms with Gasteiger partial charge in [-0.2, -0.15) is 0 Å². The third kappa shape index (κ3) is 3.76. The minimum absolute atomic E-state index is 0.208. The van der Waals surface area contributed by atoms with Crippen molar-refractivity contribution in [2.24, 2.45) is 0 Å². The van der Waals surface area contributed by atoms with Crippen molar-refractivity contribution in [2.75, 3.05) is 11.9 Å². The van der Waals surface area contributed by atoms with E-state index in [1.165, 1.54) is 10.5 Å². The summed E-state index contributed by atoms with van der Waals surface area (Å²) >= 11 is 1.86. The quantitative estimate of drug-likeness (QED) is 0.735. The minimum Gasteiger partial charge on any atom is -0.329 e. The molecule has 1 aromatic carbocycles. The number of para-hydroxylation sites is 1. The Hall–Kier alpha value is -1.48. The smallest absolute Gasteiger partial charge is 0.132 e. The summed E-state index contributed by atoms with van der Waals surface area (Å²) in [6, 6.07) is 12.5. The van der Waals surface area contributed by atoms with Gasteiger partial charge in [0, 0.05) is 28.6 Å². The van der Waals surface area contributed by atoms with E-state index in [4.69, 9.17) is 0 Å². The lowest BCUT2D eigenvalue weighted by Crippen LogP contribution is -2.12. The first-order chi connectivity index (χ1) is 9.37. The SMILES string of the molecule is Cc1cc(N(C)c2ccccc2)ncc1SC(C)(C)C. The van der Waals surface area contributed by atoms with Crippen molar-refractivity contribution < 1.29 is 0 Å². The number of hydrogen-bond donors (Lipinski definition) is 0. The summed E-state index contributed by atoms with van der Waals surface area (Å²) < 4.78 is 0.208. The molecule has 2 nitrogen and oxygen atoms in total. The van der Waals surface area contributed by atoms with Crippen molar-refractivity contribution in [3.63, 3.8) is 0 Å². The Bertz CT molecular complexity index is 573. The molecule has 0 radical (unpaired) electrons. The highest BCUT2D eigenvalue weighted by atomic mass is 32.2. The predicted molar refractivity (Wildman–Crippen MR) is 89.1 cm³/mol. The Balaban J connectivity index is 2.25. The van der Waals surface area contributed by atoms with Gasteiger partial charge in [-0.1, -0.05) is 39.0 Å². The van der Waals surface area contributed by atoms with Crippen molar-refractivity contribution >= 4 is 23.3 Å². The van der Waals surface area contributed by atoms with Crippen molar-refractivity contribution in [3.05, 3.63) is 48.2 Å². The molecule has 1 heterocycles. The van der Waals surface area contributed by atoms with E-state index in [2.05, 4.69) is 55.8 Å². The van der Waals surface area contributed by atoms with Crippen LogP contribution in [0.15, 0.2) is 47.5 Å². The molecular formula is C17H22N2S. The van der Waals surface area contributed by atoms with E-state index in [1.54, 1.807) is 0 Å². The van der Waals surface area contributed by atoms with E-state index < -0.39 is 0 Å². The van der Waals surface area contributed by atoms with Gasteiger partial charge >= 0.3 is 0 Å². The zero-order valence-electron chi connectivity index (χ0n) is 12.8. The Labute approximate surface area is 126 Å². The highest BCUT2D eigenvalue weighted by molar-refractivity contribution is 8.00. The van der Waals surface area contributed by atoms with E-state index in [0.29, 0.717) is 0 Å². The van der Waals surface area contributed by atoms with Crippen LogP contribution in [0.3, 0.4) is 0 Å². The second-order valence-electron chi connectivity index (χ2n) is 5.92. The first kappa shape index (κ1) is 14.9. The molecule has 0 atom stereocenters. The molecule has 0 spiro atoms. The van der Waals surface area contributed by atoms with Crippen LogP contribution in [0.2, 0.25) is 0 Å². The van der Waals surface area contributed by atoms with Gasteiger partial charge in [-0.25, -0.2) is 4.98 Å². The summed E-state index contributed by atoms with van der Waals surface area (Å²) in [5.74, 6) is 0.979. The topological polar surface area (TPSA) is 16.1 Å². The van der Waals surface area contributed by atoms with Gasteiger partial charge in [0.1, 0.15) is 5.82 Å².